The highest BCUT2D eigenvalue weighted by atomic mass is 79.9. The maximum absolute atomic E-state index is 5.84. The molecule has 1 aromatic rings. The van der Waals surface area contributed by atoms with Gasteiger partial charge >= 0.3 is 0 Å². The first-order valence-corrected chi connectivity index (χ1v) is 8.21. The first kappa shape index (κ1) is 15.3. The molecule has 2 N–H and O–H groups in total. The van der Waals surface area contributed by atoms with E-state index in [2.05, 4.69) is 31.9 Å². The third kappa shape index (κ3) is 4.45. The van der Waals surface area contributed by atoms with E-state index in [0.717, 1.165) is 39.7 Å². The molecule has 1 aromatic carbocycles. The van der Waals surface area contributed by atoms with E-state index in [0.29, 0.717) is 19.3 Å². The van der Waals surface area contributed by atoms with Crippen LogP contribution in [-0.2, 0) is 11.3 Å². The number of benzene rings is 1. The van der Waals surface area contributed by atoms with Crippen LogP contribution in [0.5, 0.6) is 5.75 Å². The molecule has 0 aromatic heterocycles. The van der Waals surface area contributed by atoms with Crippen molar-refractivity contribution in [1.82, 2.24) is 0 Å². The van der Waals surface area contributed by atoms with Crippen LogP contribution in [-0.4, -0.2) is 19.3 Å². The van der Waals surface area contributed by atoms with Crippen LogP contribution in [0, 0.1) is 0 Å². The summed E-state index contributed by atoms with van der Waals surface area (Å²) in [6.45, 7) is 2.15. The molecule has 1 aliphatic rings. The van der Waals surface area contributed by atoms with Crippen molar-refractivity contribution in [3.05, 3.63) is 26.6 Å². The van der Waals surface area contributed by atoms with Gasteiger partial charge in [-0.25, -0.2) is 0 Å². The third-order valence-electron chi connectivity index (χ3n) is 3.23. The lowest BCUT2D eigenvalue weighted by Crippen LogP contribution is -2.08. The number of nitrogens with two attached hydrogens (primary N) is 1. The molecule has 2 rings (SSSR count). The monoisotopic (exact) mass is 391 g/mol. The van der Waals surface area contributed by atoms with Crippen LogP contribution in [0.2, 0.25) is 0 Å². The Morgan fingerprint density at radius 2 is 2.05 bits per heavy atom. The largest absolute Gasteiger partial charge is 0.491 e. The van der Waals surface area contributed by atoms with Crippen molar-refractivity contribution >= 4 is 31.9 Å². The molecular formula is C14H19Br2NO2. The van der Waals surface area contributed by atoms with Crippen molar-refractivity contribution in [1.29, 1.82) is 0 Å². The van der Waals surface area contributed by atoms with Crippen LogP contribution >= 0.6 is 31.9 Å². The molecule has 19 heavy (non-hydrogen) atoms. The molecule has 1 atom stereocenters. The number of hydrogen-bond acceptors (Lipinski definition) is 3. The van der Waals surface area contributed by atoms with E-state index in [-0.39, 0.29) is 0 Å². The van der Waals surface area contributed by atoms with Gasteiger partial charge in [-0.3, -0.25) is 0 Å². The Bertz CT molecular complexity index is 397. The van der Waals surface area contributed by atoms with Crippen LogP contribution in [0.4, 0.5) is 0 Å². The fraction of sp³-hybridized carbons (Fsp3) is 0.571. The predicted molar refractivity (Wildman–Crippen MR) is 83.4 cm³/mol. The van der Waals surface area contributed by atoms with E-state index in [1.807, 2.05) is 12.1 Å². The molecule has 1 saturated heterocycles. The summed E-state index contributed by atoms with van der Waals surface area (Å²) in [7, 11) is 0. The van der Waals surface area contributed by atoms with Gasteiger partial charge in [0.1, 0.15) is 5.75 Å². The molecule has 1 fully saturated rings. The van der Waals surface area contributed by atoms with Crippen LogP contribution < -0.4 is 10.5 Å². The molecule has 5 heteroatoms. The second kappa shape index (κ2) is 7.62. The third-order valence-corrected chi connectivity index (χ3v) is 4.41. The van der Waals surface area contributed by atoms with E-state index in [4.69, 9.17) is 15.2 Å². The summed E-state index contributed by atoms with van der Waals surface area (Å²) in [5, 5.41) is 0. The molecule has 0 amide bonds. The van der Waals surface area contributed by atoms with Gasteiger partial charge in [0.25, 0.3) is 0 Å². The van der Waals surface area contributed by atoms with Crippen molar-refractivity contribution in [2.45, 2.75) is 38.3 Å². The van der Waals surface area contributed by atoms with Gasteiger partial charge in [0.15, 0.2) is 0 Å². The average molecular weight is 393 g/mol. The molecule has 1 heterocycles. The lowest BCUT2D eigenvalue weighted by molar-refractivity contribution is 0.0980. The summed E-state index contributed by atoms with van der Waals surface area (Å²) >= 11 is 7.04. The molecule has 0 saturated carbocycles. The molecule has 0 spiro atoms. The lowest BCUT2D eigenvalue weighted by Gasteiger charge is -2.13. The first-order valence-electron chi connectivity index (χ1n) is 6.63. The molecule has 1 aliphatic heterocycles. The summed E-state index contributed by atoms with van der Waals surface area (Å²) in [4.78, 5) is 0. The van der Waals surface area contributed by atoms with Gasteiger partial charge in [0.05, 0.1) is 21.7 Å². The van der Waals surface area contributed by atoms with Crippen LogP contribution in [0.15, 0.2) is 21.1 Å². The van der Waals surface area contributed by atoms with Crippen molar-refractivity contribution in [2.24, 2.45) is 5.73 Å². The fourth-order valence-corrected chi connectivity index (χ4v) is 3.74. The standard InChI is InChI=1S/C14H19Br2NO2/c15-12-7-10(9-17)8-13(16)14(12)19-6-2-4-11-3-1-5-18-11/h7-8,11H,1-6,9,17H2. The highest BCUT2D eigenvalue weighted by Gasteiger charge is 2.15. The minimum absolute atomic E-state index is 0.440. The van der Waals surface area contributed by atoms with E-state index in [1.165, 1.54) is 12.8 Å². The smallest absolute Gasteiger partial charge is 0.147 e. The van der Waals surface area contributed by atoms with E-state index in [9.17, 15) is 0 Å². The molecule has 1 unspecified atom stereocenters. The van der Waals surface area contributed by atoms with Gasteiger partial charge in [0.2, 0.25) is 0 Å². The molecule has 3 nitrogen and oxygen atoms in total. The number of rotatable bonds is 6. The molecule has 0 bridgehead atoms. The Balaban J connectivity index is 1.81. The maximum Gasteiger partial charge on any atom is 0.147 e. The molecular weight excluding hydrogens is 374 g/mol. The predicted octanol–water partition coefficient (Wildman–Crippen LogP) is 4.01. The van der Waals surface area contributed by atoms with E-state index in [1.54, 1.807) is 0 Å². The first-order chi connectivity index (χ1) is 9.20. The van der Waals surface area contributed by atoms with Crippen molar-refractivity contribution in [3.63, 3.8) is 0 Å². The van der Waals surface area contributed by atoms with Gasteiger partial charge in [-0.15, -0.1) is 0 Å². The average Bonchev–Trinajstić information content (AvgIpc) is 2.89. The van der Waals surface area contributed by atoms with Gasteiger partial charge < -0.3 is 15.2 Å². The van der Waals surface area contributed by atoms with Crippen molar-refractivity contribution in [3.8, 4) is 5.75 Å². The zero-order valence-electron chi connectivity index (χ0n) is 10.8. The Morgan fingerprint density at radius 3 is 2.63 bits per heavy atom. The van der Waals surface area contributed by atoms with Crippen LogP contribution in [0.25, 0.3) is 0 Å². The minimum Gasteiger partial charge on any atom is -0.491 e. The molecule has 0 aliphatic carbocycles. The minimum atomic E-state index is 0.440. The van der Waals surface area contributed by atoms with Gasteiger partial charge in [0, 0.05) is 13.2 Å². The van der Waals surface area contributed by atoms with Crippen molar-refractivity contribution < 1.29 is 9.47 Å². The summed E-state index contributed by atoms with van der Waals surface area (Å²) in [6, 6.07) is 4.00. The Kier molecular flexibility index (Phi) is 6.13. The molecule has 106 valence electrons. The summed E-state index contributed by atoms with van der Waals surface area (Å²) in [6.07, 6.45) is 4.93. The van der Waals surface area contributed by atoms with Gasteiger partial charge in [-0.05, 0) is 75.2 Å². The van der Waals surface area contributed by atoms with Gasteiger partial charge in [-0.2, -0.15) is 0 Å². The van der Waals surface area contributed by atoms with E-state index >= 15 is 0 Å². The second-order valence-electron chi connectivity index (χ2n) is 4.72. The summed E-state index contributed by atoms with van der Waals surface area (Å²) in [5.41, 5.74) is 6.71. The lowest BCUT2D eigenvalue weighted by atomic mass is 10.1. The fourth-order valence-electron chi connectivity index (χ4n) is 2.23. The number of ether oxygens (including phenoxy) is 2. The SMILES string of the molecule is NCc1cc(Br)c(OCCCC2CCCO2)c(Br)c1. The Labute approximate surface area is 131 Å². The topological polar surface area (TPSA) is 44.5 Å². The highest BCUT2D eigenvalue weighted by Crippen LogP contribution is 2.35. The zero-order valence-corrected chi connectivity index (χ0v) is 14.0. The number of halogens is 2. The number of hydrogen-bond donors (Lipinski definition) is 1. The normalized spacial score (nSPS) is 18.8. The van der Waals surface area contributed by atoms with Gasteiger partial charge in [-0.1, -0.05) is 0 Å². The molecule has 0 radical (unpaired) electrons. The Morgan fingerprint density at radius 1 is 1.32 bits per heavy atom. The Hall–Kier alpha value is -0.100. The van der Waals surface area contributed by atoms with Crippen molar-refractivity contribution in [2.75, 3.05) is 13.2 Å². The van der Waals surface area contributed by atoms with Crippen LogP contribution in [0.3, 0.4) is 0 Å². The second-order valence-corrected chi connectivity index (χ2v) is 6.43. The summed E-state index contributed by atoms with van der Waals surface area (Å²) in [5.74, 6) is 0.851. The zero-order chi connectivity index (χ0) is 13.7. The van der Waals surface area contributed by atoms with E-state index < -0.39 is 0 Å². The highest BCUT2D eigenvalue weighted by molar-refractivity contribution is 9.11. The summed E-state index contributed by atoms with van der Waals surface area (Å²) < 4.78 is 13.3. The maximum atomic E-state index is 5.84. The quantitative estimate of drug-likeness (QED) is 0.744. The van der Waals surface area contributed by atoms with Crippen LogP contribution in [0.1, 0.15) is 31.2 Å².